The van der Waals surface area contributed by atoms with Crippen molar-refractivity contribution in [1.29, 1.82) is 0 Å². The van der Waals surface area contributed by atoms with Gasteiger partial charge in [0.1, 0.15) is 0 Å². The maximum Gasteiger partial charge on any atom is 0.0707 e. The van der Waals surface area contributed by atoms with Crippen LogP contribution in [0, 0.1) is 6.92 Å². The monoisotopic (exact) mass is 375 g/mol. The molecule has 0 radical (unpaired) electrons. The molecule has 0 saturated heterocycles. The molecule has 0 spiro atoms. The van der Waals surface area contributed by atoms with Gasteiger partial charge in [0.25, 0.3) is 0 Å². The number of aryl methyl sites for hydroxylation is 1. The zero-order valence-corrected chi connectivity index (χ0v) is 19.0. The van der Waals surface area contributed by atoms with Gasteiger partial charge < -0.3 is 0 Å². The van der Waals surface area contributed by atoms with E-state index in [9.17, 15) is 0 Å². The molecule has 0 N–H and O–H groups in total. The van der Waals surface area contributed by atoms with Gasteiger partial charge in [-0.05, 0) is 52.8 Å². The third-order valence-electron chi connectivity index (χ3n) is 4.25. The summed E-state index contributed by atoms with van der Waals surface area (Å²) in [6.45, 7) is 17.1. The summed E-state index contributed by atoms with van der Waals surface area (Å²) < 4.78 is 0. The normalized spacial score (nSPS) is 10.3. The van der Waals surface area contributed by atoms with Crippen LogP contribution in [0.15, 0.2) is 66.9 Å². The summed E-state index contributed by atoms with van der Waals surface area (Å²) in [6, 6.07) is 21.4. The first-order valence-corrected chi connectivity index (χ1v) is 10.5. The number of hydrogen-bond donors (Lipinski definition) is 0. The Bertz CT molecular complexity index is 826. The van der Waals surface area contributed by atoms with E-state index in [1.165, 1.54) is 34.2 Å². The van der Waals surface area contributed by atoms with Crippen molar-refractivity contribution in [2.75, 3.05) is 0 Å². The minimum absolute atomic E-state index is 0.128. The summed E-state index contributed by atoms with van der Waals surface area (Å²) in [5.41, 5.74) is 7.41. The van der Waals surface area contributed by atoms with Crippen LogP contribution >= 0.6 is 0 Å². The highest BCUT2D eigenvalue weighted by molar-refractivity contribution is 5.74. The fraction of sp³-hybridized carbons (Fsp3) is 0.370. The summed E-state index contributed by atoms with van der Waals surface area (Å²) in [4.78, 5) is 4.62. The molecule has 3 rings (SSSR count). The number of pyridine rings is 1. The first-order chi connectivity index (χ1) is 13.4. The molecule has 0 aliphatic rings. The largest absolute Gasteiger partial charge is 0.256 e. The molecular formula is C27H37N. The molecule has 1 heterocycles. The van der Waals surface area contributed by atoms with Crippen LogP contribution in [-0.2, 0) is 5.41 Å². The second-order valence-corrected chi connectivity index (χ2v) is 7.78. The van der Waals surface area contributed by atoms with Gasteiger partial charge in [0, 0.05) is 11.8 Å². The Kier molecular flexibility index (Phi) is 9.65. The third kappa shape index (κ3) is 6.64. The summed E-state index contributed by atoms with van der Waals surface area (Å²) >= 11 is 0. The fourth-order valence-electron chi connectivity index (χ4n) is 2.75. The molecule has 0 amide bonds. The molecule has 28 heavy (non-hydrogen) atoms. The van der Waals surface area contributed by atoms with Crippen molar-refractivity contribution in [1.82, 2.24) is 4.98 Å². The smallest absolute Gasteiger partial charge is 0.0707 e. The van der Waals surface area contributed by atoms with Gasteiger partial charge in [0.2, 0.25) is 0 Å². The molecule has 2 aromatic carbocycles. The first kappa shape index (κ1) is 23.6. The van der Waals surface area contributed by atoms with Crippen molar-refractivity contribution in [3.8, 4) is 22.4 Å². The minimum atomic E-state index is 0.128. The molecule has 1 nitrogen and oxygen atoms in total. The predicted molar refractivity (Wildman–Crippen MR) is 126 cm³/mol. The van der Waals surface area contributed by atoms with Crippen molar-refractivity contribution >= 4 is 0 Å². The van der Waals surface area contributed by atoms with Gasteiger partial charge in [0.05, 0.1) is 5.69 Å². The van der Waals surface area contributed by atoms with Crippen LogP contribution < -0.4 is 0 Å². The summed E-state index contributed by atoms with van der Waals surface area (Å²) in [7, 11) is 0. The van der Waals surface area contributed by atoms with Crippen LogP contribution in [0.25, 0.3) is 22.4 Å². The number of hydrogen-bond acceptors (Lipinski definition) is 1. The fourth-order valence-corrected chi connectivity index (χ4v) is 2.75. The third-order valence-corrected chi connectivity index (χ3v) is 4.25. The lowest BCUT2D eigenvalue weighted by molar-refractivity contribution is 0.589. The average Bonchev–Trinajstić information content (AvgIpc) is 2.71. The SMILES string of the molecule is CC.CCC.Cc1ccc(-c2ccccc2)cc1-c1cc(C(C)(C)C)ccn1. The topological polar surface area (TPSA) is 12.9 Å². The highest BCUT2D eigenvalue weighted by Gasteiger charge is 2.15. The standard InChI is InChI=1S/C22H23N.C3H8.C2H6/c1-16-10-11-18(17-8-6-5-7-9-17)14-20(16)21-15-19(12-13-23-21)22(2,3)4;1-3-2;1-2/h5-15H,1-4H3;3H2,1-2H3;1-2H3. The molecule has 1 aromatic heterocycles. The molecule has 1 heteroatoms. The van der Waals surface area contributed by atoms with E-state index >= 15 is 0 Å². The van der Waals surface area contributed by atoms with Crippen molar-refractivity contribution < 1.29 is 0 Å². The van der Waals surface area contributed by atoms with Crippen LogP contribution in [0.1, 0.15) is 66.0 Å². The zero-order valence-electron chi connectivity index (χ0n) is 19.0. The molecule has 0 unspecified atom stereocenters. The second kappa shape index (κ2) is 11.4. The number of nitrogens with zero attached hydrogens (tertiary/aromatic N) is 1. The maximum absolute atomic E-state index is 4.62. The van der Waals surface area contributed by atoms with Crippen LogP contribution in [0.3, 0.4) is 0 Å². The van der Waals surface area contributed by atoms with Crippen molar-refractivity contribution in [3.05, 3.63) is 78.0 Å². The van der Waals surface area contributed by atoms with Gasteiger partial charge in [-0.1, -0.05) is 97.4 Å². The highest BCUT2D eigenvalue weighted by atomic mass is 14.7. The van der Waals surface area contributed by atoms with E-state index in [1.54, 1.807) is 0 Å². The first-order valence-electron chi connectivity index (χ1n) is 10.5. The summed E-state index contributed by atoms with van der Waals surface area (Å²) in [5.74, 6) is 0. The predicted octanol–water partition coefficient (Wildman–Crippen LogP) is 8.46. The Morgan fingerprint density at radius 1 is 0.786 bits per heavy atom. The Hall–Kier alpha value is -2.41. The van der Waals surface area contributed by atoms with Crippen LogP contribution in [0.2, 0.25) is 0 Å². The van der Waals surface area contributed by atoms with Gasteiger partial charge in [-0.15, -0.1) is 0 Å². The van der Waals surface area contributed by atoms with E-state index in [0.29, 0.717) is 0 Å². The number of benzene rings is 2. The molecule has 0 aliphatic heterocycles. The van der Waals surface area contributed by atoms with Gasteiger partial charge in [-0.25, -0.2) is 0 Å². The van der Waals surface area contributed by atoms with E-state index in [1.807, 2.05) is 26.1 Å². The van der Waals surface area contributed by atoms with Crippen LogP contribution in [0.4, 0.5) is 0 Å². The van der Waals surface area contributed by atoms with Crippen LogP contribution in [0.5, 0.6) is 0 Å². The molecule has 0 atom stereocenters. The molecule has 0 aliphatic carbocycles. The van der Waals surface area contributed by atoms with Gasteiger partial charge in [0.15, 0.2) is 0 Å². The quantitative estimate of drug-likeness (QED) is 0.437. The van der Waals surface area contributed by atoms with E-state index in [2.05, 4.69) is 101 Å². The highest BCUT2D eigenvalue weighted by Crippen LogP contribution is 2.31. The van der Waals surface area contributed by atoms with E-state index < -0.39 is 0 Å². The van der Waals surface area contributed by atoms with Gasteiger partial charge in [-0.2, -0.15) is 0 Å². The Balaban J connectivity index is 0.000000717. The van der Waals surface area contributed by atoms with E-state index in [4.69, 9.17) is 0 Å². The minimum Gasteiger partial charge on any atom is -0.256 e. The molecular weight excluding hydrogens is 338 g/mol. The maximum atomic E-state index is 4.62. The lowest BCUT2D eigenvalue weighted by atomic mass is 9.86. The van der Waals surface area contributed by atoms with E-state index in [0.717, 1.165) is 5.69 Å². The molecule has 0 saturated carbocycles. The molecule has 0 fully saturated rings. The van der Waals surface area contributed by atoms with Crippen molar-refractivity contribution in [2.24, 2.45) is 0 Å². The molecule has 3 aromatic rings. The zero-order chi connectivity index (χ0) is 21.2. The van der Waals surface area contributed by atoms with Crippen molar-refractivity contribution in [2.45, 2.75) is 67.2 Å². The van der Waals surface area contributed by atoms with Gasteiger partial charge in [-0.3, -0.25) is 4.98 Å². The average molecular weight is 376 g/mol. The Morgan fingerprint density at radius 3 is 1.96 bits per heavy atom. The number of rotatable bonds is 2. The molecule has 150 valence electrons. The number of aromatic nitrogens is 1. The summed E-state index contributed by atoms with van der Waals surface area (Å²) in [5, 5.41) is 0. The van der Waals surface area contributed by atoms with Crippen LogP contribution in [-0.4, -0.2) is 4.98 Å². The van der Waals surface area contributed by atoms with E-state index in [-0.39, 0.29) is 5.41 Å². The lowest BCUT2D eigenvalue weighted by Gasteiger charge is -2.20. The summed E-state index contributed by atoms with van der Waals surface area (Å²) in [6.07, 6.45) is 3.17. The lowest BCUT2D eigenvalue weighted by Crippen LogP contribution is -2.11. The second-order valence-electron chi connectivity index (χ2n) is 7.78. The Morgan fingerprint density at radius 2 is 1.39 bits per heavy atom. The molecule has 0 bridgehead atoms. The Labute approximate surface area is 172 Å². The van der Waals surface area contributed by atoms with Gasteiger partial charge >= 0.3 is 0 Å². The van der Waals surface area contributed by atoms with Crippen molar-refractivity contribution in [3.63, 3.8) is 0 Å².